The van der Waals surface area contributed by atoms with E-state index in [1.807, 2.05) is 30.3 Å². The van der Waals surface area contributed by atoms with E-state index in [1.165, 1.54) is 19.3 Å². The number of amides is 1. The molecule has 26 heavy (non-hydrogen) atoms. The summed E-state index contributed by atoms with van der Waals surface area (Å²) in [7, 11) is 1.63. The molecule has 2 rings (SSSR count). The van der Waals surface area contributed by atoms with Crippen molar-refractivity contribution in [3.8, 4) is 11.5 Å². The maximum atomic E-state index is 12.3. The number of nitrogens with one attached hydrogen (secondary N) is 1. The van der Waals surface area contributed by atoms with Crippen LogP contribution in [0.1, 0.15) is 48.5 Å². The molecular formula is C21H26BrNO3. The van der Waals surface area contributed by atoms with Crippen LogP contribution in [0, 0.1) is 0 Å². The quantitative estimate of drug-likeness (QED) is 0.528. The highest BCUT2D eigenvalue weighted by Gasteiger charge is 2.09. The van der Waals surface area contributed by atoms with Crippen molar-refractivity contribution in [1.29, 1.82) is 0 Å². The molecule has 0 heterocycles. The second kappa shape index (κ2) is 10.9. The predicted octanol–water partition coefficient (Wildman–Crippen LogP) is 5.35. The summed E-state index contributed by atoms with van der Waals surface area (Å²) in [5, 5.41) is 2.92. The van der Waals surface area contributed by atoms with Gasteiger partial charge in [-0.2, -0.15) is 0 Å². The second-order valence-electron chi connectivity index (χ2n) is 6.09. The van der Waals surface area contributed by atoms with E-state index in [0.717, 1.165) is 28.0 Å². The first-order valence-electron chi connectivity index (χ1n) is 8.97. The van der Waals surface area contributed by atoms with Gasteiger partial charge in [-0.15, -0.1) is 0 Å². The highest BCUT2D eigenvalue weighted by Crippen LogP contribution is 2.26. The zero-order valence-electron chi connectivity index (χ0n) is 15.4. The molecule has 2 aromatic carbocycles. The maximum Gasteiger partial charge on any atom is 0.251 e. The Labute approximate surface area is 164 Å². The van der Waals surface area contributed by atoms with E-state index in [0.29, 0.717) is 18.7 Å². The number of halogens is 1. The van der Waals surface area contributed by atoms with Crippen LogP contribution in [-0.2, 0) is 6.54 Å². The van der Waals surface area contributed by atoms with Gasteiger partial charge in [-0.1, -0.05) is 38.3 Å². The van der Waals surface area contributed by atoms with Gasteiger partial charge in [-0.3, -0.25) is 4.79 Å². The Morgan fingerprint density at radius 3 is 2.50 bits per heavy atom. The number of carbonyl (C=O) groups is 1. The van der Waals surface area contributed by atoms with Gasteiger partial charge in [0, 0.05) is 12.1 Å². The molecule has 0 aromatic heterocycles. The Balaban J connectivity index is 1.85. The van der Waals surface area contributed by atoms with Crippen LogP contribution in [0.25, 0.3) is 0 Å². The van der Waals surface area contributed by atoms with Crippen LogP contribution in [0.3, 0.4) is 0 Å². The SMILES string of the molecule is CCCCCCOc1ccc(C(=O)NCc2ccc(OC)cc2)cc1Br. The van der Waals surface area contributed by atoms with Gasteiger partial charge in [0.05, 0.1) is 18.2 Å². The maximum absolute atomic E-state index is 12.3. The van der Waals surface area contributed by atoms with Gasteiger partial charge < -0.3 is 14.8 Å². The fourth-order valence-electron chi connectivity index (χ4n) is 2.50. The second-order valence-corrected chi connectivity index (χ2v) is 6.94. The summed E-state index contributed by atoms with van der Waals surface area (Å²) in [4.78, 5) is 12.3. The van der Waals surface area contributed by atoms with E-state index in [1.54, 1.807) is 19.2 Å². The Morgan fingerprint density at radius 2 is 1.85 bits per heavy atom. The number of rotatable bonds is 10. The Kier molecular flexibility index (Phi) is 8.48. The molecular weight excluding hydrogens is 394 g/mol. The number of ether oxygens (including phenoxy) is 2. The van der Waals surface area contributed by atoms with Gasteiger partial charge in [0.1, 0.15) is 11.5 Å². The van der Waals surface area contributed by atoms with E-state index in [-0.39, 0.29) is 5.91 Å². The van der Waals surface area contributed by atoms with Crippen molar-refractivity contribution in [1.82, 2.24) is 5.32 Å². The monoisotopic (exact) mass is 419 g/mol. The lowest BCUT2D eigenvalue weighted by Gasteiger charge is -2.10. The molecule has 1 N–H and O–H groups in total. The van der Waals surface area contributed by atoms with Gasteiger partial charge in [0.2, 0.25) is 0 Å². The summed E-state index contributed by atoms with van der Waals surface area (Å²) in [5.74, 6) is 1.46. The molecule has 0 aliphatic carbocycles. The lowest BCUT2D eigenvalue weighted by atomic mass is 10.2. The van der Waals surface area contributed by atoms with Crippen molar-refractivity contribution in [3.63, 3.8) is 0 Å². The number of unbranched alkanes of at least 4 members (excludes halogenated alkanes) is 3. The van der Waals surface area contributed by atoms with Crippen LogP contribution in [0.2, 0.25) is 0 Å². The summed E-state index contributed by atoms with van der Waals surface area (Å²) in [6, 6.07) is 13.1. The van der Waals surface area contributed by atoms with Gasteiger partial charge in [-0.25, -0.2) is 0 Å². The average Bonchev–Trinajstić information content (AvgIpc) is 2.67. The molecule has 0 aliphatic rings. The molecule has 140 valence electrons. The normalized spacial score (nSPS) is 10.4. The fraction of sp³-hybridized carbons (Fsp3) is 0.381. The lowest BCUT2D eigenvalue weighted by molar-refractivity contribution is 0.0951. The zero-order valence-corrected chi connectivity index (χ0v) is 17.0. The molecule has 0 aliphatic heterocycles. The molecule has 0 saturated carbocycles. The molecule has 5 heteroatoms. The average molecular weight is 420 g/mol. The largest absolute Gasteiger partial charge is 0.497 e. The molecule has 0 spiro atoms. The first kappa shape index (κ1) is 20.3. The van der Waals surface area contributed by atoms with E-state index >= 15 is 0 Å². The summed E-state index contributed by atoms with van der Waals surface area (Å²) in [6.07, 6.45) is 4.67. The third kappa shape index (κ3) is 6.37. The van der Waals surface area contributed by atoms with Gasteiger partial charge in [0.15, 0.2) is 0 Å². The zero-order chi connectivity index (χ0) is 18.8. The standard InChI is InChI=1S/C21H26BrNO3/c1-3-4-5-6-13-26-20-12-9-17(14-19(20)22)21(24)23-15-16-7-10-18(25-2)11-8-16/h7-12,14H,3-6,13,15H2,1-2H3,(H,23,24). The smallest absolute Gasteiger partial charge is 0.251 e. The fourth-order valence-corrected chi connectivity index (χ4v) is 2.99. The molecule has 0 fully saturated rings. The Bertz CT molecular complexity index is 701. The third-order valence-electron chi connectivity index (χ3n) is 4.06. The van der Waals surface area contributed by atoms with E-state index in [2.05, 4.69) is 28.2 Å². The van der Waals surface area contributed by atoms with Crippen LogP contribution in [0.15, 0.2) is 46.9 Å². The number of hydrogen-bond acceptors (Lipinski definition) is 3. The minimum absolute atomic E-state index is 0.115. The van der Waals surface area contributed by atoms with Crippen LogP contribution in [0.5, 0.6) is 11.5 Å². The van der Waals surface area contributed by atoms with Crippen molar-refractivity contribution in [2.45, 2.75) is 39.2 Å². The number of benzene rings is 2. The van der Waals surface area contributed by atoms with E-state index < -0.39 is 0 Å². The van der Waals surface area contributed by atoms with Crippen molar-refractivity contribution >= 4 is 21.8 Å². The summed E-state index contributed by atoms with van der Waals surface area (Å²) in [5.41, 5.74) is 1.62. The summed E-state index contributed by atoms with van der Waals surface area (Å²) in [6.45, 7) is 3.35. The van der Waals surface area contributed by atoms with Crippen LogP contribution >= 0.6 is 15.9 Å². The number of methoxy groups -OCH3 is 1. The summed E-state index contributed by atoms with van der Waals surface area (Å²) >= 11 is 3.49. The predicted molar refractivity (Wildman–Crippen MR) is 108 cm³/mol. The molecule has 0 unspecified atom stereocenters. The van der Waals surface area contributed by atoms with Crippen molar-refractivity contribution in [3.05, 3.63) is 58.1 Å². The molecule has 4 nitrogen and oxygen atoms in total. The number of hydrogen-bond donors (Lipinski definition) is 1. The van der Waals surface area contributed by atoms with E-state index in [4.69, 9.17) is 9.47 Å². The topological polar surface area (TPSA) is 47.6 Å². The van der Waals surface area contributed by atoms with Crippen LogP contribution in [0.4, 0.5) is 0 Å². The highest BCUT2D eigenvalue weighted by atomic mass is 79.9. The first-order chi connectivity index (χ1) is 12.6. The van der Waals surface area contributed by atoms with Crippen molar-refractivity contribution < 1.29 is 14.3 Å². The number of carbonyl (C=O) groups excluding carboxylic acids is 1. The molecule has 0 atom stereocenters. The van der Waals surface area contributed by atoms with Crippen molar-refractivity contribution in [2.24, 2.45) is 0 Å². The Hall–Kier alpha value is -2.01. The van der Waals surface area contributed by atoms with Gasteiger partial charge >= 0.3 is 0 Å². The highest BCUT2D eigenvalue weighted by molar-refractivity contribution is 9.10. The molecule has 0 radical (unpaired) electrons. The van der Waals surface area contributed by atoms with E-state index in [9.17, 15) is 4.79 Å². The molecule has 1 amide bonds. The third-order valence-corrected chi connectivity index (χ3v) is 4.68. The molecule has 0 saturated heterocycles. The van der Waals surface area contributed by atoms with Crippen LogP contribution < -0.4 is 14.8 Å². The van der Waals surface area contributed by atoms with Crippen molar-refractivity contribution in [2.75, 3.05) is 13.7 Å². The minimum atomic E-state index is -0.115. The molecule has 2 aromatic rings. The first-order valence-corrected chi connectivity index (χ1v) is 9.76. The minimum Gasteiger partial charge on any atom is -0.497 e. The van der Waals surface area contributed by atoms with Gasteiger partial charge in [0.25, 0.3) is 5.91 Å². The van der Waals surface area contributed by atoms with Crippen LogP contribution in [-0.4, -0.2) is 19.6 Å². The molecule has 0 bridgehead atoms. The summed E-state index contributed by atoms with van der Waals surface area (Å²) < 4.78 is 11.7. The Morgan fingerprint density at radius 1 is 1.08 bits per heavy atom. The lowest BCUT2D eigenvalue weighted by Crippen LogP contribution is -2.22. The van der Waals surface area contributed by atoms with Gasteiger partial charge in [-0.05, 0) is 58.2 Å².